The lowest BCUT2D eigenvalue weighted by Gasteiger charge is -2.21. The summed E-state index contributed by atoms with van der Waals surface area (Å²) in [6.07, 6.45) is 0.614. The molecule has 1 atom stereocenters. The molecule has 1 heterocycles. The Bertz CT molecular complexity index is 431. The Morgan fingerprint density at radius 3 is 2.94 bits per heavy atom. The molecule has 1 fully saturated rings. The monoisotopic (exact) mass is 252 g/mol. The molecular weight excluding hydrogens is 235 g/mol. The topological polar surface area (TPSA) is 61.4 Å². The largest absolute Gasteiger partial charge is 0.387 e. The van der Waals surface area contributed by atoms with E-state index in [1.165, 1.54) is 6.07 Å². The summed E-state index contributed by atoms with van der Waals surface area (Å²) in [4.78, 5) is 11.7. The lowest BCUT2D eigenvalue weighted by Crippen LogP contribution is -2.44. The van der Waals surface area contributed by atoms with Crippen LogP contribution in [0.3, 0.4) is 0 Å². The second kappa shape index (κ2) is 5.46. The lowest BCUT2D eigenvalue weighted by atomic mass is 10.0. The molecule has 1 saturated heterocycles. The van der Waals surface area contributed by atoms with Crippen molar-refractivity contribution in [2.24, 2.45) is 0 Å². The fourth-order valence-electron chi connectivity index (χ4n) is 2.02. The van der Waals surface area contributed by atoms with Gasteiger partial charge in [0.1, 0.15) is 5.82 Å². The van der Waals surface area contributed by atoms with E-state index in [-0.39, 0.29) is 24.7 Å². The van der Waals surface area contributed by atoms with Crippen LogP contribution in [0.4, 0.5) is 4.39 Å². The van der Waals surface area contributed by atoms with Gasteiger partial charge in [-0.05, 0) is 24.6 Å². The highest BCUT2D eigenvalue weighted by Gasteiger charge is 2.31. The minimum Gasteiger partial charge on any atom is -0.387 e. The molecule has 1 aliphatic heterocycles. The molecule has 0 spiro atoms. The van der Waals surface area contributed by atoms with Crippen molar-refractivity contribution in [3.8, 4) is 0 Å². The molecular formula is C13H17FN2O2. The van der Waals surface area contributed by atoms with Gasteiger partial charge < -0.3 is 15.7 Å². The van der Waals surface area contributed by atoms with Crippen molar-refractivity contribution in [3.05, 3.63) is 35.6 Å². The number of aliphatic hydroxyl groups is 1. The summed E-state index contributed by atoms with van der Waals surface area (Å²) >= 11 is 0. The predicted octanol–water partition coefficient (Wildman–Crippen LogP) is 0.209. The molecule has 1 amide bonds. The van der Waals surface area contributed by atoms with Gasteiger partial charge >= 0.3 is 0 Å². The van der Waals surface area contributed by atoms with Crippen molar-refractivity contribution in [1.29, 1.82) is 0 Å². The van der Waals surface area contributed by atoms with Crippen LogP contribution >= 0.6 is 0 Å². The van der Waals surface area contributed by atoms with E-state index in [1.54, 1.807) is 18.2 Å². The molecule has 1 aromatic rings. The number of rotatable bonds is 4. The zero-order valence-electron chi connectivity index (χ0n) is 10.1. The normalized spacial score (nSPS) is 23.0. The zero-order chi connectivity index (χ0) is 13.0. The van der Waals surface area contributed by atoms with Crippen LogP contribution in [0.15, 0.2) is 24.3 Å². The van der Waals surface area contributed by atoms with E-state index in [4.69, 9.17) is 0 Å². The first kappa shape index (κ1) is 13.0. The summed E-state index contributed by atoms with van der Waals surface area (Å²) in [5, 5.41) is 15.7. The molecule has 0 saturated carbocycles. The molecule has 0 radical (unpaired) electrons. The molecule has 4 nitrogen and oxygen atoms in total. The quantitative estimate of drug-likeness (QED) is 0.718. The third-order valence-corrected chi connectivity index (χ3v) is 3.14. The first-order chi connectivity index (χ1) is 8.59. The number of carbonyl (C=O) groups excluding carboxylic acids is 1. The van der Waals surface area contributed by atoms with Gasteiger partial charge in [0, 0.05) is 13.1 Å². The maximum atomic E-state index is 13.3. The van der Waals surface area contributed by atoms with Crippen molar-refractivity contribution < 1.29 is 14.3 Å². The molecule has 18 heavy (non-hydrogen) atoms. The van der Waals surface area contributed by atoms with Gasteiger partial charge in [0.25, 0.3) is 0 Å². The van der Waals surface area contributed by atoms with E-state index >= 15 is 0 Å². The molecule has 1 unspecified atom stereocenters. The van der Waals surface area contributed by atoms with Crippen LogP contribution in [0, 0.1) is 5.82 Å². The highest BCUT2D eigenvalue weighted by molar-refractivity contribution is 5.78. The van der Waals surface area contributed by atoms with Crippen LogP contribution in [0.25, 0.3) is 0 Å². The van der Waals surface area contributed by atoms with Gasteiger partial charge in [-0.25, -0.2) is 4.39 Å². The number of hydrogen-bond acceptors (Lipinski definition) is 3. The summed E-state index contributed by atoms with van der Waals surface area (Å²) < 4.78 is 13.3. The number of β-amino-alcohol motifs (C(OH)–C–C–N with tert-alkyl or cyclic N) is 1. The van der Waals surface area contributed by atoms with Gasteiger partial charge in [0.05, 0.1) is 12.0 Å². The lowest BCUT2D eigenvalue weighted by molar-refractivity contribution is -0.121. The maximum absolute atomic E-state index is 13.3. The Morgan fingerprint density at radius 2 is 2.28 bits per heavy atom. The number of halogens is 1. The highest BCUT2D eigenvalue weighted by atomic mass is 19.1. The predicted molar refractivity (Wildman–Crippen MR) is 65.6 cm³/mol. The zero-order valence-corrected chi connectivity index (χ0v) is 10.1. The molecule has 0 aromatic heterocycles. The first-order valence-corrected chi connectivity index (χ1v) is 6.02. The number of benzene rings is 1. The van der Waals surface area contributed by atoms with E-state index in [2.05, 4.69) is 10.6 Å². The summed E-state index contributed by atoms with van der Waals surface area (Å²) in [6, 6.07) is 6.20. The van der Waals surface area contributed by atoms with Crippen LogP contribution in [0.5, 0.6) is 0 Å². The van der Waals surface area contributed by atoms with Gasteiger partial charge in [-0.3, -0.25) is 4.79 Å². The molecule has 1 aromatic carbocycles. The van der Waals surface area contributed by atoms with Gasteiger partial charge in [0.2, 0.25) is 5.91 Å². The number of carbonyl (C=O) groups is 1. The second-order valence-corrected chi connectivity index (χ2v) is 4.70. The Morgan fingerprint density at radius 1 is 1.50 bits per heavy atom. The Kier molecular flexibility index (Phi) is 3.93. The van der Waals surface area contributed by atoms with Crippen molar-refractivity contribution in [2.75, 3.05) is 19.6 Å². The van der Waals surface area contributed by atoms with Crippen LogP contribution in [-0.2, 0) is 11.2 Å². The third kappa shape index (κ3) is 3.27. The number of nitrogens with one attached hydrogen (secondary N) is 2. The first-order valence-electron chi connectivity index (χ1n) is 6.02. The highest BCUT2D eigenvalue weighted by Crippen LogP contribution is 2.13. The van der Waals surface area contributed by atoms with Gasteiger partial charge in [-0.2, -0.15) is 0 Å². The van der Waals surface area contributed by atoms with Crippen molar-refractivity contribution in [1.82, 2.24) is 10.6 Å². The average Bonchev–Trinajstić information content (AvgIpc) is 2.77. The summed E-state index contributed by atoms with van der Waals surface area (Å²) in [5.41, 5.74) is -0.503. The average molecular weight is 252 g/mol. The van der Waals surface area contributed by atoms with E-state index in [1.807, 2.05) is 0 Å². The minimum atomic E-state index is -0.870. The van der Waals surface area contributed by atoms with Gasteiger partial charge in [-0.15, -0.1) is 0 Å². The molecule has 3 N–H and O–H groups in total. The van der Waals surface area contributed by atoms with E-state index in [9.17, 15) is 14.3 Å². The molecule has 98 valence electrons. The van der Waals surface area contributed by atoms with E-state index < -0.39 is 5.60 Å². The van der Waals surface area contributed by atoms with Crippen LogP contribution in [-0.4, -0.2) is 36.2 Å². The van der Waals surface area contributed by atoms with E-state index in [0.29, 0.717) is 18.5 Å². The fourth-order valence-corrected chi connectivity index (χ4v) is 2.02. The maximum Gasteiger partial charge on any atom is 0.224 e. The third-order valence-electron chi connectivity index (χ3n) is 3.14. The van der Waals surface area contributed by atoms with Crippen molar-refractivity contribution in [3.63, 3.8) is 0 Å². The van der Waals surface area contributed by atoms with Crippen molar-refractivity contribution >= 4 is 5.91 Å². The summed E-state index contributed by atoms with van der Waals surface area (Å²) in [7, 11) is 0. The van der Waals surface area contributed by atoms with Crippen LogP contribution < -0.4 is 10.6 Å². The van der Waals surface area contributed by atoms with Gasteiger partial charge in [0.15, 0.2) is 0 Å². The second-order valence-electron chi connectivity index (χ2n) is 4.70. The Balaban J connectivity index is 1.84. The SMILES string of the molecule is O=C(Cc1ccccc1F)NCC1(O)CCNC1. The number of amides is 1. The Labute approximate surface area is 105 Å². The van der Waals surface area contributed by atoms with Crippen LogP contribution in [0.2, 0.25) is 0 Å². The number of hydrogen-bond donors (Lipinski definition) is 3. The standard InChI is InChI=1S/C13H17FN2O2/c14-11-4-2-1-3-10(11)7-12(17)16-9-13(18)5-6-15-8-13/h1-4,15,18H,5-9H2,(H,16,17). The molecule has 0 aliphatic carbocycles. The molecule has 1 aliphatic rings. The van der Waals surface area contributed by atoms with Crippen molar-refractivity contribution in [2.45, 2.75) is 18.4 Å². The minimum absolute atomic E-state index is 0.00379. The molecule has 0 bridgehead atoms. The Hall–Kier alpha value is -1.46. The van der Waals surface area contributed by atoms with Gasteiger partial charge in [-0.1, -0.05) is 18.2 Å². The smallest absolute Gasteiger partial charge is 0.224 e. The summed E-state index contributed by atoms with van der Waals surface area (Å²) in [5.74, 6) is -0.658. The summed E-state index contributed by atoms with van der Waals surface area (Å²) in [6.45, 7) is 1.43. The molecule has 2 rings (SSSR count). The molecule has 5 heteroatoms. The van der Waals surface area contributed by atoms with Crippen LogP contribution in [0.1, 0.15) is 12.0 Å². The fraction of sp³-hybridized carbons (Fsp3) is 0.462. The van der Waals surface area contributed by atoms with E-state index in [0.717, 1.165) is 6.54 Å².